The minimum Gasteiger partial charge on any atom is -0.497 e. The number of aromatic nitrogens is 6. The summed E-state index contributed by atoms with van der Waals surface area (Å²) >= 11 is 4.18. The van der Waals surface area contributed by atoms with Crippen LogP contribution in [0.2, 0.25) is 0 Å². The van der Waals surface area contributed by atoms with Gasteiger partial charge in [0, 0.05) is 35.3 Å². The Kier molecular flexibility index (Phi) is 10.3. The van der Waals surface area contributed by atoms with Crippen LogP contribution in [-0.2, 0) is 0 Å². The SMILES string of the molecule is COc1ccc(-c2nnc(/N=C/c3cc(/C=N/c4nnc(-c5ccc(OC)cc5)s4)cc(/C=N/c4nnc(-c5ccc(OC)cc5)s4)c3)s2)cc1. The summed E-state index contributed by atoms with van der Waals surface area (Å²) in [4.78, 5) is 13.9. The molecule has 0 spiro atoms. The van der Waals surface area contributed by atoms with Crippen LogP contribution in [0.25, 0.3) is 31.7 Å². The molecule has 0 unspecified atom stereocenters. The van der Waals surface area contributed by atoms with E-state index >= 15 is 0 Å². The number of aliphatic imine (C=N–C) groups is 3. The largest absolute Gasteiger partial charge is 0.497 e. The van der Waals surface area contributed by atoms with Crippen molar-refractivity contribution >= 4 is 68.0 Å². The Morgan fingerprint density at radius 1 is 0.412 bits per heavy atom. The Morgan fingerprint density at radius 2 is 0.686 bits per heavy atom. The number of methoxy groups -OCH3 is 3. The molecule has 7 aromatic rings. The van der Waals surface area contributed by atoms with Crippen molar-refractivity contribution in [1.29, 1.82) is 0 Å². The maximum atomic E-state index is 5.26. The summed E-state index contributed by atoms with van der Waals surface area (Å²) in [5.41, 5.74) is 5.25. The van der Waals surface area contributed by atoms with Gasteiger partial charge in [-0.05, 0) is 108 Å². The number of nitrogens with zero attached hydrogens (tertiary/aromatic N) is 9. The Bertz CT molecular complexity index is 2060. The lowest BCUT2D eigenvalue weighted by atomic mass is 10.1. The van der Waals surface area contributed by atoms with Crippen LogP contribution in [0.1, 0.15) is 16.7 Å². The third-order valence-corrected chi connectivity index (χ3v) is 9.87. The van der Waals surface area contributed by atoms with Crippen molar-refractivity contribution in [2.75, 3.05) is 21.3 Å². The van der Waals surface area contributed by atoms with Crippen LogP contribution in [0, 0.1) is 0 Å². The minimum atomic E-state index is 0.523. The van der Waals surface area contributed by atoms with Gasteiger partial charge >= 0.3 is 0 Å². The highest BCUT2D eigenvalue weighted by Crippen LogP contribution is 2.32. The van der Waals surface area contributed by atoms with Crippen LogP contribution in [0.15, 0.2) is 106 Å². The standard InChI is InChI=1S/C36H27N9O3S3/c1-46-28-10-4-25(5-11-28)31-40-43-34(49-31)37-19-22-16-23(20-38-35-44-41-32(50-35)26-6-12-29(47-2)13-7-26)18-24(17-22)21-39-36-45-42-33(51-36)27-8-14-30(48-3)15-9-27/h4-21H,1-3H3/b37-19+,38-20+,39-21+. The first-order valence-electron chi connectivity index (χ1n) is 15.3. The van der Waals surface area contributed by atoms with Gasteiger partial charge in [-0.2, -0.15) is 0 Å². The second-order valence-corrected chi connectivity index (χ2v) is 13.4. The van der Waals surface area contributed by atoms with Gasteiger partial charge in [0.2, 0.25) is 15.4 Å². The lowest BCUT2D eigenvalue weighted by Crippen LogP contribution is -1.92. The molecule has 0 aliphatic heterocycles. The summed E-state index contributed by atoms with van der Waals surface area (Å²) in [5, 5.41) is 29.6. The van der Waals surface area contributed by atoms with Crippen LogP contribution < -0.4 is 14.2 Å². The van der Waals surface area contributed by atoms with Gasteiger partial charge in [0.15, 0.2) is 0 Å². The topological polar surface area (TPSA) is 142 Å². The van der Waals surface area contributed by atoms with E-state index < -0.39 is 0 Å². The highest BCUT2D eigenvalue weighted by molar-refractivity contribution is 7.18. The van der Waals surface area contributed by atoms with Crippen LogP contribution in [0.4, 0.5) is 15.4 Å². The zero-order chi connectivity index (χ0) is 35.0. The molecule has 0 fully saturated rings. The van der Waals surface area contributed by atoms with E-state index in [2.05, 4.69) is 45.6 Å². The third-order valence-electron chi connectivity index (χ3n) is 7.23. The molecule has 15 heteroatoms. The molecule has 0 radical (unpaired) electrons. The van der Waals surface area contributed by atoms with Crippen molar-refractivity contribution in [2.45, 2.75) is 0 Å². The molecule has 0 atom stereocenters. The molecule has 7 rings (SSSR count). The van der Waals surface area contributed by atoms with E-state index in [4.69, 9.17) is 14.2 Å². The molecule has 12 nitrogen and oxygen atoms in total. The van der Waals surface area contributed by atoms with Crippen molar-refractivity contribution in [1.82, 2.24) is 30.6 Å². The molecule has 0 saturated carbocycles. The highest BCUT2D eigenvalue weighted by Gasteiger charge is 2.09. The maximum absolute atomic E-state index is 5.26. The monoisotopic (exact) mass is 729 g/mol. The Morgan fingerprint density at radius 3 is 0.941 bits per heavy atom. The molecule has 3 aromatic heterocycles. The summed E-state index contributed by atoms with van der Waals surface area (Å²) in [7, 11) is 4.91. The molecular weight excluding hydrogens is 703 g/mol. The fourth-order valence-electron chi connectivity index (χ4n) is 4.67. The summed E-state index contributed by atoms with van der Waals surface area (Å²) in [6.07, 6.45) is 5.23. The number of ether oxygens (including phenoxy) is 3. The van der Waals surface area contributed by atoms with Crippen molar-refractivity contribution < 1.29 is 14.2 Å². The minimum absolute atomic E-state index is 0.523. The van der Waals surface area contributed by atoms with Gasteiger partial charge in [-0.15, -0.1) is 30.6 Å². The van der Waals surface area contributed by atoms with Crippen LogP contribution in [0.5, 0.6) is 17.2 Å². The van der Waals surface area contributed by atoms with Gasteiger partial charge in [-0.3, -0.25) is 0 Å². The van der Waals surface area contributed by atoms with Crippen molar-refractivity contribution in [3.8, 4) is 49.0 Å². The first-order chi connectivity index (χ1) is 25.0. The smallest absolute Gasteiger partial charge is 0.231 e. The summed E-state index contributed by atoms with van der Waals surface area (Å²) in [6, 6.07) is 28.9. The van der Waals surface area contributed by atoms with Crippen molar-refractivity contribution in [2.24, 2.45) is 15.0 Å². The van der Waals surface area contributed by atoms with Crippen LogP contribution in [0.3, 0.4) is 0 Å². The van der Waals surface area contributed by atoms with E-state index in [0.29, 0.717) is 15.4 Å². The summed E-state index contributed by atoms with van der Waals surface area (Å²) < 4.78 is 15.8. The Balaban J connectivity index is 1.14. The van der Waals surface area contributed by atoms with Gasteiger partial charge in [0.1, 0.15) is 32.3 Å². The number of benzene rings is 4. The van der Waals surface area contributed by atoms with Crippen LogP contribution >= 0.6 is 34.0 Å². The molecular formula is C36H27N9O3S3. The van der Waals surface area contributed by atoms with E-state index in [1.807, 2.05) is 91.0 Å². The molecule has 3 heterocycles. The summed E-state index contributed by atoms with van der Waals surface area (Å²) in [5.74, 6) is 2.32. The second kappa shape index (κ2) is 15.7. The molecule has 0 bridgehead atoms. The predicted octanol–water partition coefficient (Wildman–Crippen LogP) is 8.52. The molecule has 0 saturated heterocycles. The van der Waals surface area contributed by atoms with Gasteiger partial charge in [-0.1, -0.05) is 34.0 Å². The normalized spacial score (nSPS) is 11.6. The molecule has 4 aromatic carbocycles. The van der Waals surface area contributed by atoms with Gasteiger partial charge in [-0.25, -0.2) is 15.0 Å². The first kappa shape index (κ1) is 33.5. The van der Waals surface area contributed by atoms with Crippen molar-refractivity contribution in [3.63, 3.8) is 0 Å². The van der Waals surface area contributed by atoms with E-state index in [1.54, 1.807) is 40.0 Å². The number of hydrogen-bond donors (Lipinski definition) is 0. The molecule has 0 N–H and O–H groups in total. The average Bonchev–Trinajstić information content (AvgIpc) is 3.98. The fourth-order valence-corrected chi connectivity index (χ4v) is 6.76. The third kappa shape index (κ3) is 8.41. The van der Waals surface area contributed by atoms with Crippen LogP contribution in [-0.4, -0.2) is 70.6 Å². The molecule has 51 heavy (non-hydrogen) atoms. The zero-order valence-electron chi connectivity index (χ0n) is 27.4. The zero-order valence-corrected chi connectivity index (χ0v) is 29.8. The number of hydrogen-bond acceptors (Lipinski definition) is 15. The molecule has 0 aliphatic rings. The lowest BCUT2D eigenvalue weighted by Gasteiger charge is -2.00. The molecule has 0 aliphatic carbocycles. The highest BCUT2D eigenvalue weighted by atomic mass is 32.1. The Hall–Kier alpha value is -6.03. The summed E-state index contributed by atoms with van der Waals surface area (Å²) in [6.45, 7) is 0. The van der Waals surface area contributed by atoms with Gasteiger partial charge in [0.25, 0.3) is 0 Å². The predicted molar refractivity (Wildman–Crippen MR) is 204 cm³/mol. The second-order valence-electron chi connectivity index (χ2n) is 10.6. The fraction of sp³-hybridized carbons (Fsp3) is 0.0833. The molecule has 252 valence electrons. The quantitative estimate of drug-likeness (QED) is 0.113. The van der Waals surface area contributed by atoms with E-state index in [0.717, 1.165) is 65.7 Å². The number of rotatable bonds is 12. The van der Waals surface area contributed by atoms with E-state index in [9.17, 15) is 0 Å². The van der Waals surface area contributed by atoms with E-state index in [1.165, 1.54) is 34.0 Å². The average molecular weight is 730 g/mol. The molecule has 0 amide bonds. The van der Waals surface area contributed by atoms with Gasteiger partial charge < -0.3 is 14.2 Å². The van der Waals surface area contributed by atoms with E-state index in [-0.39, 0.29) is 0 Å². The van der Waals surface area contributed by atoms with Gasteiger partial charge in [0.05, 0.1) is 21.3 Å². The van der Waals surface area contributed by atoms with Crippen molar-refractivity contribution in [3.05, 3.63) is 108 Å². The Labute approximate surface area is 304 Å². The first-order valence-corrected chi connectivity index (χ1v) is 17.7. The lowest BCUT2D eigenvalue weighted by molar-refractivity contribution is 0.415. The maximum Gasteiger partial charge on any atom is 0.231 e.